The second-order valence-corrected chi connectivity index (χ2v) is 12.9. The van der Waals surface area contributed by atoms with Gasteiger partial charge in [0.25, 0.3) is 0 Å². The summed E-state index contributed by atoms with van der Waals surface area (Å²) in [6.45, 7) is 0. The summed E-state index contributed by atoms with van der Waals surface area (Å²) in [5.41, 5.74) is 15.1. The average molecular weight is 638 g/mol. The summed E-state index contributed by atoms with van der Waals surface area (Å²) in [4.78, 5) is 4.89. The largest absolute Gasteiger partial charge is 0.309 e. The van der Waals surface area contributed by atoms with Crippen LogP contribution >= 0.6 is 0 Å². The van der Waals surface area contributed by atoms with Crippen molar-refractivity contribution in [3.8, 4) is 44.8 Å². The highest BCUT2D eigenvalue weighted by atomic mass is 15.0. The van der Waals surface area contributed by atoms with Gasteiger partial charge in [-0.25, -0.2) is 0 Å². The fourth-order valence-corrected chi connectivity index (χ4v) is 7.61. The van der Waals surface area contributed by atoms with Gasteiger partial charge >= 0.3 is 0 Å². The molecule has 50 heavy (non-hydrogen) atoms. The average Bonchev–Trinajstić information content (AvgIpc) is 3.71. The summed E-state index contributed by atoms with van der Waals surface area (Å²) < 4.78 is 4.72. The van der Waals surface area contributed by atoms with Crippen molar-refractivity contribution in [2.75, 3.05) is 0 Å². The zero-order chi connectivity index (χ0) is 33.0. The first-order chi connectivity index (χ1) is 24.8. The smallest absolute Gasteiger partial charge is 0.0963 e. The Balaban J connectivity index is 1.10. The van der Waals surface area contributed by atoms with E-state index in [1.54, 1.807) is 0 Å². The molecular formula is C47H31N3. The third-order valence-electron chi connectivity index (χ3n) is 9.97. The van der Waals surface area contributed by atoms with E-state index in [9.17, 15) is 0 Å². The van der Waals surface area contributed by atoms with Crippen molar-refractivity contribution in [1.82, 2.24) is 14.1 Å². The minimum absolute atomic E-state index is 1.01. The molecule has 10 aromatic rings. The summed E-state index contributed by atoms with van der Waals surface area (Å²) in [7, 11) is 0. The maximum Gasteiger partial charge on any atom is 0.0963 e. The van der Waals surface area contributed by atoms with Crippen LogP contribution in [0.5, 0.6) is 0 Å². The molecule has 0 saturated carbocycles. The van der Waals surface area contributed by atoms with Crippen LogP contribution in [-0.2, 0) is 0 Å². The monoisotopic (exact) mass is 637 g/mol. The molecule has 0 bridgehead atoms. The van der Waals surface area contributed by atoms with E-state index in [1.165, 1.54) is 55.2 Å². The number of hydrogen-bond acceptors (Lipinski definition) is 1. The summed E-state index contributed by atoms with van der Waals surface area (Å²) in [5.74, 6) is 0. The van der Waals surface area contributed by atoms with E-state index in [1.807, 2.05) is 12.3 Å². The Labute approximate surface area is 290 Å². The van der Waals surface area contributed by atoms with Gasteiger partial charge in [0.05, 0.1) is 27.6 Å². The highest BCUT2D eigenvalue weighted by Gasteiger charge is 2.17. The van der Waals surface area contributed by atoms with Gasteiger partial charge in [-0.1, -0.05) is 115 Å². The Hall–Kier alpha value is -6.71. The molecule has 0 spiro atoms. The van der Waals surface area contributed by atoms with Gasteiger partial charge in [-0.05, 0) is 100 Å². The van der Waals surface area contributed by atoms with E-state index >= 15 is 0 Å². The Kier molecular flexibility index (Phi) is 6.49. The molecule has 3 nitrogen and oxygen atoms in total. The van der Waals surface area contributed by atoms with Crippen molar-refractivity contribution in [3.63, 3.8) is 0 Å². The van der Waals surface area contributed by atoms with Gasteiger partial charge in [-0.15, -0.1) is 0 Å². The zero-order valence-corrected chi connectivity index (χ0v) is 27.2. The molecule has 3 heteroatoms. The second-order valence-electron chi connectivity index (χ2n) is 12.9. The number of pyridine rings is 1. The van der Waals surface area contributed by atoms with E-state index in [-0.39, 0.29) is 0 Å². The van der Waals surface area contributed by atoms with Crippen molar-refractivity contribution < 1.29 is 0 Å². The lowest BCUT2D eigenvalue weighted by atomic mass is 10.0. The van der Waals surface area contributed by atoms with Gasteiger partial charge in [0, 0.05) is 33.7 Å². The molecule has 234 valence electrons. The van der Waals surface area contributed by atoms with Crippen molar-refractivity contribution >= 4 is 43.7 Å². The Morgan fingerprint density at radius 3 is 1.58 bits per heavy atom. The summed E-state index contributed by atoms with van der Waals surface area (Å²) >= 11 is 0. The zero-order valence-electron chi connectivity index (χ0n) is 27.2. The molecule has 0 aliphatic carbocycles. The molecule has 0 atom stereocenters. The highest BCUT2D eigenvalue weighted by Crippen LogP contribution is 2.38. The molecule has 0 unspecified atom stereocenters. The van der Waals surface area contributed by atoms with Crippen molar-refractivity contribution in [2.45, 2.75) is 0 Å². The minimum atomic E-state index is 1.01. The normalized spacial score (nSPS) is 11.6. The molecule has 0 amide bonds. The molecule has 7 aromatic carbocycles. The molecule has 0 fully saturated rings. The molecule has 0 N–H and O–H groups in total. The fourth-order valence-electron chi connectivity index (χ4n) is 7.61. The molecule has 3 heterocycles. The first kappa shape index (κ1) is 28.3. The molecular weight excluding hydrogens is 607 g/mol. The van der Waals surface area contributed by atoms with Gasteiger partial charge in [-0.2, -0.15) is 0 Å². The van der Waals surface area contributed by atoms with Crippen LogP contribution < -0.4 is 0 Å². The topological polar surface area (TPSA) is 22.8 Å². The summed E-state index contributed by atoms with van der Waals surface area (Å²) in [6, 6.07) is 65.4. The van der Waals surface area contributed by atoms with Crippen LogP contribution in [0.2, 0.25) is 0 Å². The second kappa shape index (κ2) is 11.5. The van der Waals surface area contributed by atoms with E-state index in [0.717, 1.165) is 33.3 Å². The van der Waals surface area contributed by atoms with E-state index in [4.69, 9.17) is 4.98 Å². The summed E-state index contributed by atoms with van der Waals surface area (Å²) in [5, 5.41) is 3.63. The van der Waals surface area contributed by atoms with E-state index < -0.39 is 0 Å². The first-order valence-corrected chi connectivity index (χ1v) is 17.0. The van der Waals surface area contributed by atoms with Crippen LogP contribution in [-0.4, -0.2) is 14.1 Å². The molecule has 0 aliphatic heterocycles. The van der Waals surface area contributed by atoms with E-state index in [2.05, 4.69) is 185 Å². The number of fused-ring (bicyclic) bond motifs is 6. The number of hydrogen-bond donors (Lipinski definition) is 0. The van der Waals surface area contributed by atoms with E-state index in [0.29, 0.717) is 0 Å². The predicted molar refractivity (Wildman–Crippen MR) is 209 cm³/mol. The van der Waals surface area contributed by atoms with Crippen molar-refractivity contribution in [3.05, 3.63) is 188 Å². The van der Waals surface area contributed by atoms with Crippen LogP contribution in [0, 0.1) is 0 Å². The lowest BCUT2D eigenvalue weighted by Gasteiger charge is -2.11. The van der Waals surface area contributed by atoms with Crippen molar-refractivity contribution in [1.29, 1.82) is 0 Å². The van der Waals surface area contributed by atoms with Gasteiger partial charge in [0.1, 0.15) is 0 Å². The minimum Gasteiger partial charge on any atom is -0.309 e. The van der Waals surface area contributed by atoms with Crippen LogP contribution in [0.25, 0.3) is 88.5 Å². The van der Waals surface area contributed by atoms with Gasteiger partial charge in [-0.3, -0.25) is 4.98 Å². The molecule has 0 aliphatic rings. The van der Waals surface area contributed by atoms with Crippen LogP contribution in [0.3, 0.4) is 0 Å². The van der Waals surface area contributed by atoms with Gasteiger partial charge < -0.3 is 9.13 Å². The molecule has 0 saturated heterocycles. The third-order valence-corrected chi connectivity index (χ3v) is 9.97. The Morgan fingerprint density at radius 2 is 0.820 bits per heavy atom. The van der Waals surface area contributed by atoms with Crippen LogP contribution in [0.4, 0.5) is 0 Å². The number of benzene rings is 7. The SMILES string of the molecule is c1ccc(-c2ccc(-n3c4ccc(-c5ccc6c(c5)c5ccccc5n6-c5cccc(-c6ccccc6)c5)cc4c4ncccc43)cc2)cc1. The van der Waals surface area contributed by atoms with Gasteiger partial charge in [0.2, 0.25) is 0 Å². The summed E-state index contributed by atoms with van der Waals surface area (Å²) in [6.07, 6.45) is 1.89. The fraction of sp³-hybridized carbons (Fsp3) is 0. The number of rotatable bonds is 5. The molecule has 0 radical (unpaired) electrons. The Bertz CT molecular complexity index is 2840. The lowest BCUT2D eigenvalue weighted by Crippen LogP contribution is -1.94. The predicted octanol–water partition coefficient (Wildman–Crippen LogP) is 12.3. The third kappa shape index (κ3) is 4.56. The standard InChI is InChI=1S/C47H31N3/c1-3-11-32(12-4-1)34-20-24-38(25-21-34)49-45-27-23-37(31-42(45)47-46(49)19-10-28-48-47)36-22-26-44-41(30-36)40-17-7-8-18-43(40)50(44)39-16-9-15-35(29-39)33-13-5-2-6-14-33/h1-31H. The van der Waals surface area contributed by atoms with Gasteiger partial charge in [0.15, 0.2) is 0 Å². The van der Waals surface area contributed by atoms with Crippen LogP contribution in [0.1, 0.15) is 0 Å². The first-order valence-electron chi connectivity index (χ1n) is 17.0. The van der Waals surface area contributed by atoms with Crippen molar-refractivity contribution in [2.24, 2.45) is 0 Å². The molecule has 3 aromatic heterocycles. The Morgan fingerprint density at radius 1 is 0.300 bits per heavy atom. The number of aromatic nitrogens is 3. The lowest BCUT2D eigenvalue weighted by molar-refractivity contribution is 1.18. The highest BCUT2D eigenvalue weighted by molar-refractivity contribution is 6.12. The quantitative estimate of drug-likeness (QED) is 0.184. The molecule has 10 rings (SSSR count). The number of para-hydroxylation sites is 1. The maximum atomic E-state index is 4.89. The maximum absolute atomic E-state index is 4.89. The van der Waals surface area contributed by atoms with Crippen LogP contribution in [0.15, 0.2) is 188 Å². The number of nitrogens with zero attached hydrogens (tertiary/aromatic N) is 3.